The third-order valence-electron chi connectivity index (χ3n) is 3.82. The second-order valence-corrected chi connectivity index (χ2v) is 7.59. The minimum atomic E-state index is -3.25. The first-order valence-electron chi connectivity index (χ1n) is 7.23. The van der Waals surface area contributed by atoms with E-state index in [1.807, 2.05) is 31.2 Å². The van der Waals surface area contributed by atoms with E-state index in [0.29, 0.717) is 0 Å². The van der Waals surface area contributed by atoms with E-state index in [1.165, 1.54) is 5.56 Å². The van der Waals surface area contributed by atoms with Crippen molar-refractivity contribution in [3.05, 3.63) is 35.4 Å². The summed E-state index contributed by atoms with van der Waals surface area (Å²) in [5.74, 6) is 0.0596. The van der Waals surface area contributed by atoms with Crippen molar-refractivity contribution in [1.82, 2.24) is 10.0 Å². The van der Waals surface area contributed by atoms with Crippen LogP contribution >= 0.6 is 0 Å². The quantitative estimate of drug-likeness (QED) is 0.810. The molecule has 1 aliphatic rings. The Kier molecular flexibility index (Phi) is 4.83. The van der Waals surface area contributed by atoms with Crippen LogP contribution in [-0.2, 0) is 22.3 Å². The molecule has 0 atom stereocenters. The summed E-state index contributed by atoms with van der Waals surface area (Å²) in [4.78, 5) is 0. The smallest absolute Gasteiger partial charge is 0.216 e. The zero-order valence-corrected chi connectivity index (χ0v) is 13.1. The minimum absolute atomic E-state index is 0.0596. The van der Waals surface area contributed by atoms with Crippen LogP contribution in [-0.4, -0.2) is 20.5 Å². The molecule has 1 aliphatic carbocycles. The largest absolute Gasteiger partial charge is 0.313 e. The molecule has 20 heavy (non-hydrogen) atoms. The van der Waals surface area contributed by atoms with Gasteiger partial charge in [-0.1, -0.05) is 31.2 Å². The fraction of sp³-hybridized carbons (Fsp3) is 0.600. The number of hydrogen-bond acceptors (Lipinski definition) is 3. The fourth-order valence-electron chi connectivity index (χ4n) is 2.46. The van der Waals surface area contributed by atoms with E-state index >= 15 is 0 Å². The molecule has 1 fully saturated rings. The molecule has 112 valence electrons. The molecule has 0 aromatic heterocycles. The first-order chi connectivity index (χ1) is 9.42. The highest BCUT2D eigenvalue weighted by atomic mass is 32.2. The standard InChI is InChI=1S/C15H24N2O2S/c1-3-16-11-13-5-7-14(8-6-13)12-20(18,19)17-15(2)9-4-10-15/h5-8,16-17H,3-4,9-12H2,1-2H3. The van der Waals surface area contributed by atoms with Crippen LogP contribution in [0, 0.1) is 0 Å². The second kappa shape index (κ2) is 6.24. The van der Waals surface area contributed by atoms with Crippen molar-refractivity contribution < 1.29 is 8.42 Å². The molecule has 0 amide bonds. The van der Waals surface area contributed by atoms with Crippen molar-refractivity contribution in [2.24, 2.45) is 0 Å². The van der Waals surface area contributed by atoms with Crippen molar-refractivity contribution in [3.63, 3.8) is 0 Å². The van der Waals surface area contributed by atoms with E-state index in [9.17, 15) is 8.42 Å². The lowest BCUT2D eigenvalue weighted by Gasteiger charge is -2.38. The predicted octanol–water partition coefficient (Wildman–Crippen LogP) is 2.16. The highest BCUT2D eigenvalue weighted by Gasteiger charge is 2.35. The summed E-state index contributed by atoms with van der Waals surface area (Å²) in [6.07, 6.45) is 2.99. The highest BCUT2D eigenvalue weighted by Crippen LogP contribution is 2.31. The Labute approximate surface area is 122 Å². The summed E-state index contributed by atoms with van der Waals surface area (Å²) in [5, 5.41) is 3.25. The Morgan fingerprint density at radius 1 is 1.15 bits per heavy atom. The molecule has 0 spiro atoms. The molecular weight excluding hydrogens is 272 g/mol. The van der Waals surface area contributed by atoms with Gasteiger partial charge in [0.2, 0.25) is 10.0 Å². The van der Waals surface area contributed by atoms with Crippen LogP contribution in [0.15, 0.2) is 24.3 Å². The third-order valence-corrected chi connectivity index (χ3v) is 5.33. The Balaban J connectivity index is 1.94. The van der Waals surface area contributed by atoms with Gasteiger partial charge in [-0.05, 0) is 43.9 Å². The summed E-state index contributed by atoms with van der Waals surface area (Å²) in [5.41, 5.74) is 1.79. The van der Waals surface area contributed by atoms with Gasteiger partial charge in [-0.25, -0.2) is 13.1 Å². The van der Waals surface area contributed by atoms with Crippen molar-refractivity contribution in [3.8, 4) is 0 Å². The molecule has 0 aliphatic heterocycles. The van der Waals surface area contributed by atoms with Crippen LogP contribution in [0.5, 0.6) is 0 Å². The minimum Gasteiger partial charge on any atom is -0.313 e. The number of sulfonamides is 1. The van der Waals surface area contributed by atoms with Crippen LogP contribution in [0.1, 0.15) is 44.2 Å². The van der Waals surface area contributed by atoms with E-state index in [4.69, 9.17) is 0 Å². The van der Waals surface area contributed by atoms with Crippen molar-refractivity contribution in [1.29, 1.82) is 0 Å². The first kappa shape index (κ1) is 15.5. The molecular formula is C15H24N2O2S. The molecule has 4 nitrogen and oxygen atoms in total. The summed E-state index contributed by atoms with van der Waals surface area (Å²) in [6.45, 7) is 5.79. The van der Waals surface area contributed by atoms with Crippen molar-refractivity contribution in [2.45, 2.75) is 50.9 Å². The van der Waals surface area contributed by atoms with E-state index in [2.05, 4.69) is 17.0 Å². The van der Waals surface area contributed by atoms with Gasteiger partial charge < -0.3 is 5.32 Å². The van der Waals surface area contributed by atoms with Gasteiger partial charge in [0.15, 0.2) is 0 Å². The van der Waals surface area contributed by atoms with Gasteiger partial charge in [0, 0.05) is 12.1 Å². The van der Waals surface area contributed by atoms with E-state index in [1.54, 1.807) is 0 Å². The topological polar surface area (TPSA) is 58.2 Å². The summed E-state index contributed by atoms with van der Waals surface area (Å²) >= 11 is 0. The molecule has 1 saturated carbocycles. The maximum Gasteiger partial charge on any atom is 0.216 e. The second-order valence-electron chi connectivity index (χ2n) is 5.87. The Hall–Kier alpha value is -0.910. The third kappa shape index (κ3) is 4.30. The molecule has 0 bridgehead atoms. The maximum atomic E-state index is 12.1. The first-order valence-corrected chi connectivity index (χ1v) is 8.88. The molecule has 2 N–H and O–H groups in total. The monoisotopic (exact) mass is 296 g/mol. The number of benzene rings is 1. The van der Waals surface area contributed by atoms with Gasteiger partial charge in [-0.3, -0.25) is 0 Å². The summed E-state index contributed by atoms with van der Waals surface area (Å²) in [7, 11) is -3.25. The molecule has 1 aromatic carbocycles. The molecule has 0 radical (unpaired) electrons. The van der Waals surface area contributed by atoms with Gasteiger partial charge in [-0.2, -0.15) is 0 Å². The Morgan fingerprint density at radius 3 is 2.25 bits per heavy atom. The molecule has 0 saturated heterocycles. The number of rotatable bonds is 7. The zero-order valence-electron chi connectivity index (χ0n) is 12.3. The van der Waals surface area contributed by atoms with Crippen LogP contribution in [0.2, 0.25) is 0 Å². The van der Waals surface area contributed by atoms with Crippen LogP contribution in [0.25, 0.3) is 0 Å². The molecule has 5 heteroatoms. The van der Waals surface area contributed by atoms with E-state index in [-0.39, 0.29) is 11.3 Å². The summed E-state index contributed by atoms with van der Waals surface area (Å²) < 4.78 is 27.1. The van der Waals surface area contributed by atoms with Gasteiger partial charge in [0.1, 0.15) is 0 Å². The SMILES string of the molecule is CCNCc1ccc(CS(=O)(=O)NC2(C)CCC2)cc1. The maximum absolute atomic E-state index is 12.1. The van der Waals surface area contributed by atoms with Gasteiger partial charge in [0.05, 0.1) is 5.75 Å². The fourth-order valence-corrected chi connectivity index (χ4v) is 4.12. The normalized spacial score (nSPS) is 17.7. The van der Waals surface area contributed by atoms with Crippen LogP contribution in [0.4, 0.5) is 0 Å². The molecule has 0 heterocycles. The molecule has 2 rings (SSSR count). The van der Waals surface area contributed by atoms with Crippen molar-refractivity contribution >= 4 is 10.0 Å². The molecule has 0 unspecified atom stereocenters. The Morgan fingerprint density at radius 2 is 1.75 bits per heavy atom. The summed E-state index contributed by atoms with van der Waals surface area (Å²) in [6, 6.07) is 7.77. The molecule has 1 aromatic rings. The van der Waals surface area contributed by atoms with Gasteiger partial charge in [0.25, 0.3) is 0 Å². The van der Waals surface area contributed by atoms with Gasteiger partial charge >= 0.3 is 0 Å². The lowest BCUT2D eigenvalue weighted by atomic mass is 9.80. The van der Waals surface area contributed by atoms with Gasteiger partial charge in [-0.15, -0.1) is 0 Å². The highest BCUT2D eigenvalue weighted by molar-refractivity contribution is 7.88. The zero-order chi connectivity index (χ0) is 14.6. The van der Waals surface area contributed by atoms with E-state index in [0.717, 1.165) is 37.9 Å². The lowest BCUT2D eigenvalue weighted by molar-refractivity contribution is 0.248. The van der Waals surface area contributed by atoms with E-state index < -0.39 is 10.0 Å². The number of hydrogen-bond donors (Lipinski definition) is 2. The van der Waals surface area contributed by atoms with Crippen molar-refractivity contribution in [2.75, 3.05) is 6.54 Å². The lowest BCUT2D eigenvalue weighted by Crippen LogP contribution is -2.51. The Bertz CT molecular complexity index is 533. The number of nitrogens with one attached hydrogen (secondary N) is 2. The van der Waals surface area contributed by atoms with Crippen LogP contribution in [0.3, 0.4) is 0 Å². The average Bonchev–Trinajstić information content (AvgIpc) is 2.35. The average molecular weight is 296 g/mol. The van der Waals surface area contributed by atoms with Crippen LogP contribution < -0.4 is 10.0 Å². The predicted molar refractivity (Wildman–Crippen MR) is 81.8 cm³/mol.